The third-order valence-electron chi connectivity index (χ3n) is 3.76. The Balaban J connectivity index is 2.30. The van der Waals surface area contributed by atoms with Crippen molar-refractivity contribution < 1.29 is 9.53 Å². The molecule has 8 heteroatoms. The first-order chi connectivity index (χ1) is 10.5. The largest absolute Gasteiger partial charge is 0.469 e. The Bertz CT molecular complexity index is 660. The quantitative estimate of drug-likeness (QED) is 0.746. The number of nitrogens with zero attached hydrogens (tertiary/aromatic N) is 6. The van der Waals surface area contributed by atoms with Crippen molar-refractivity contribution in [3.63, 3.8) is 0 Å². The lowest BCUT2D eigenvalue weighted by Crippen LogP contribution is -2.14. The average molecular weight is 306 g/mol. The molecule has 120 valence electrons. The van der Waals surface area contributed by atoms with Gasteiger partial charge < -0.3 is 4.74 Å². The Morgan fingerprint density at radius 3 is 2.68 bits per heavy atom. The monoisotopic (exact) mass is 306 g/mol. The van der Waals surface area contributed by atoms with Gasteiger partial charge in [-0.2, -0.15) is 5.10 Å². The van der Waals surface area contributed by atoms with Crippen molar-refractivity contribution in [3.05, 3.63) is 22.8 Å². The van der Waals surface area contributed by atoms with Crippen LogP contribution in [0.25, 0.3) is 0 Å². The van der Waals surface area contributed by atoms with Gasteiger partial charge in [0.2, 0.25) is 0 Å². The minimum atomic E-state index is -0.342. The summed E-state index contributed by atoms with van der Waals surface area (Å²) in [4.78, 5) is 11.8. The first kappa shape index (κ1) is 16.1. The highest BCUT2D eigenvalue weighted by Gasteiger charge is 2.24. The molecule has 0 saturated carbocycles. The number of rotatable bonds is 6. The van der Waals surface area contributed by atoms with E-state index in [2.05, 4.69) is 27.5 Å². The van der Waals surface area contributed by atoms with E-state index in [9.17, 15) is 4.79 Å². The van der Waals surface area contributed by atoms with Crippen LogP contribution in [0.5, 0.6) is 0 Å². The number of aryl methyl sites for hydroxylation is 2. The molecule has 2 rings (SSSR count). The fourth-order valence-electron chi connectivity index (χ4n) is 2.64. The van der Waals surface area contributed by atoms with Crippen molar-refractivity contribution >= 4 is 5.97 Å². The molecule has 0 amide bonds. The van der Waals surface area contributed by atoms with Gasteiger partial charge >= 0.3 is 5.97 Å². The molecule has 2 heterocycles. The van der Waals surface area contributed by atoms with Crippen LogP contribution in [0.1, 0.15) is 49.0 Å². The van der Waals surface area contributed by atoms with E-state index in [-0.39, 0.29) is 11.9 Å². The fourth-order valence-corrected chi connectivity index (χ4v) is 2.64. The van der Waals surface area contributed by atoms with Crippen molar-refractivity contribution in [3.8, 4) is 0 Å². The number of ether oxygens (including phenoxy) is 1. The molecule has 1 unspecified atom stereocenters. The smallest absolute Gasteiger partial charge is 0.312 e. The predicted molar refractivity (Wildman–Crippen MR) is 79.3 cm³/mol. The number of esters is 1. The molecule has 0 aliphatic carbocycles. The fraction of sp³-hybridized carbons (Fsp3) is 0.643. The molecule has 0 bridgehead atoms. The summed E-state index contributed by atoms with van der Waals surface area (Å²) in [6, 6.07) is 0. The number of hydrogen-bond donors (Lipinski definition) is 0. The molecule has 0 aliphatic heterocycles. The zero-order valence-electron chi connectivity index (χ0n) is 13.7. The van der Waals surface area contributed by atoms with Crippen LogP contribution in [0, 0.1) is 13.8 Å². The van der Waals surface area contributed by atoms with E-state index in [1.54, 1.807) is 4.68 Å². The lowest BCUT2D eigenvalue weighted by molar-refractivity contribution is -0.142. The maximum atomic E-state index is 11.8. The van der Waals surface area contributed by atoms with Crippen LogP contribution in [0.4, 0.5) is 0 Å². The van der Waals surface area contributed by atoms with Crippen LogP contribution in [-0.2, 0) is 22.6 Å². The van der Waals surface area contributed by atoms with Crippen molar-refractivity contribution in [2.45, 2.75) is 53.1 Å². The summed E-state index contributed by atoms with van der Waals surface area (Å²) in [5.74, 6) is 0.150. The summed E-state index contributed by atoms with van der Waals surface area (Å²) in [5, 5.41) is 16.3. The van der Waals surface area contributed by atoms with Gasteiger partial charge in [-0.1, -0.05) is 6.92 Å². The maximum absolute atomic E-state index is 11.8. The van der Waals surface area contributed by atoms with Crippen molar-refractivity contribution in [1.29, 1.82) is 0 Å². The zero-order chi connectivity index (χ0) is 16.3. The topological polar surface area (TPSA) is 87.7 Å². The summed E-state index contributed by atoms with van der Waals surface area (Å²) >= 11 is 0. The van der Waals surface area contributed by atoms with E-state index in [0.717, 1.165) is 35.7 Å². The number of tetrazole rings is 1. The third kappa shape index (κ3) is 3.00. The lowest BCUT2D eigenvalue weighted by Gasteiger charge is -2.10. The molecule has 8 nitrogen and oxygen atoms in total. The molecule has 0 N–H and O–H groups in total. The first-order valence-electron chi connectivity index (χ1n) is 7.36. The minimum Gasteiger partial charge on any atom is -0.469 e. The Morgan fingerprint density at radius 2 is 2.05 bits per heavy atom. The number of methoxy groups -OCH3 is 1. The Labute approximate surface area is 129 Å². The second kappa shape index (κ2) is 6.67. The maximum Gasteiger partial charge on any atom is 0.312 e. The highest BCUT2D eigenvalue weighted by Crippen LogP contribution is 2.24. The van der Waals surface area contributed by atoms with Gasteiger partial charge in [0, 0.05) is 17.8 Å². The molecule has 0 aliphatic rings. The van der Waals surface area contributed by atoms with E-state index in [1.807, 2.05) is 25.5 Å². The van der Waals surface area contributed by atoms with Gasteiger partial charge in [-0.25, -0.2) is 4.68 Å². The summed E-state index contributed by atoms with van der Waals surface area (Å²) in [7, 11) is 1.40. The molecule has 0 saturated heterocycles. The SMILES string of the molecule is CCCn1nnnc1Cn1nc(C)c(C(C)C(=O)OC)c1C. The number of aromatic nitrogens is 6. The van der Waals surface area contributed by atoms with Gasteiger partial charge in [-0.15, -0.1) is 5.10 Å². The molecule has 22 heavy (non-hydrogen) atoms. The third-order valence-corrected chi connectivity index (χ3v) is 3.76. The van der Waals surface area contributed by atoms with E-state index in [4.69, 9.17) is 4.74 Å². The predicted octanol–water partition coefficient (Wildman–Crippen LogP) is 1.22. The second-order valence-electron chi connectivity index (χ2n) is 5.31. The van der Waals surface area contributed by atoms with E-state index < -0.39 is 0 Å². The van der Waals surface area contributed by atoms with E-state index in [1.165, 1.54) is 7.11 Å². The van der Waals surface area contributed by atoms with Gasteiger partial charge in [0.1, 0.15) is 6.54 Å². The molecule has 1 atom stereocenters. The molecule has 2 aromatic rings. The van der Waals surface area contributed by atoms with Crippen LogP contribution in [0.2, 0.25) is 0 Å². The van der Waals surface area contributed by atoms with Gasteiger partial charge in [-0.05, 0) is 37.6 Å². The average Bonchev–Trinajstić information content (AvgIpc) is 3.03. The molecular formula is C14H22N6O2. The molecule has 0 spiro atoms. The lowest BCUT2D eigenvalue weighted by atomic mass is 9.99. The van der Waals surface area contributed by atoms with E-state index >= 15 is 0 Å². The highest BCUT2D eigenvalue weighted by atomic mass is 16.5. The van der Waals surface area contributed by atoms with Gasteiger partial charge in [-0.3, -0.25) is 9.48 Å². The standard InChI is InChI=1S/C14H22N6O2/c1-6-7-19-12(15-17-18-19)8-20-11(4)13(10(3)16-20)9(2)14(21)22-5/h9H,6-8H2,1-5H3. The Morgan fingerprint density at radius 1 is 1.32 bits per heavy atom. The summed E-state index contributed by atoms with van der Waals surface area (Å²) in [5.41, 5.74) is 2.66. The molecule has 0 fully saturated rings. The van der Waals surface area contributed by atoms with Crippen LogP contribution in [-0.4, -0.2) is 43.1 Å². The molecule has 0 radical (unpaired) electrons. The molecule has 0 aromatic carbocycles. The van der Waals surface area contributed by atoms with Crippen molar-refractivity contribution in [1.82, 2.24) is 30.0 Å². The Hall–Kier alpha value is -2.25. The van der Waals surface area contributed by atoms with Crippen LogP contribution in [0.3, 0.4) is 0 Å². The normalized spacial score (nSPS) is 12.4. The first-order valence-corrected chi connectivity index (χ1v) is 7.36. The Kier molecular flexibility index (Phi) is 4.89. The highest BCUT2D eigenvalue weighted by molar-refractivity contribution is 5.78. The number of carbonyl (C=O) groups excluding carboxylic acids is 1. The van der Waals surface area contributed by atoms with Crippen LogP contribution >= 0.6 is 0 Å². The van der Waals surface area contributed by atoms with Gasteiger partial charge in [0.15, 0.2) is 5.82 Å². The summed E-state index contributed by atoms with van der Waals surface area (Å²) in [6.45, 7) is 9.00. The molecule has 2 aromatic heterocycles. The van der Waals surface area contributed by atoms with Gasteiger partial charge in [0.25, 0.3) is 0 Å². The van der Waals surface area contributed by atoms with E-state index in [0.29, 0.717) is 6.54 Å². The van der Waals surface area contributed by atoms with Crippen LogP contribution in [0.15, 0.2) is 0 Å². The van der Waals surface area contributed by atoms with Gasteiger partial charge in [0.05, 0.1) is 18.7 Å². The summed E-state index contributed by atoms with van der Waals surface area (Å²) < 4.78 is 8.44. The number of carbonyl (C=O) groups is 1. The second-order valence-corrected chi connectivity index (χ2v) is 5.31. The van der Waals surface area contributed by atoms with Crippen molar-refractivity contribution in [2.24, 2.45) is 0 Å². The zero-order valence-corrected chi connectivity index (χ0v) is 13.7. The minimum absolute atomic E-state index is 0.262. The van der Waals surface area contributed by atoms with Crippen molar-refractivity contribution in [2.75, 3.05) is 7.11 Å². The molecular weight excluding hydrogens is 284 g/mol. The van der Waals surface area contributed by atoms with Crippen LogP contribution < -0.4 is 0 Å². The number of hydrogen-bond acceptors (Lipinski definition) is 6. The summed E-state index contributed by atoms with van der Waals surface area (Å²) in [6.07, 6.45) is 0.958.